The van der Waals surface area contributed by atoms with Gasteiger partial charge in [0, 0.05) is 10.2 Å². The number of benzene rings is 2. The molecular formula is C13H7BrClF2NO. The molecule has 98 valence electrons. The number of anilines is 1. The van der Waals surface area contributed by atoms with E-state index >= 15 is 0 Å². The average molecular weight is 347 g/mol. The molecule has 0 heterocycles. The zero-order valence-corrected chi connectivity index (χ0v) is 11.7. The summed E-state index contributed by atoms with van der Waals surface area (Å²) in [5.74, 6) is -2.70. The summed E-state index contributed by atoms with van der Waals surface area (Å²) in [4.78, 5) is 11.8. The predicted octanol–water partition coefficient (Wildman–Crippen LogP) is 4.63. The summed E-state index contributed by atoms with van der Waals surface area (Å²) in [5.41, 5.74) is -0.276. The maximum Gasteiger partial charge on any atom is 0.261 e. The molecule has 2 rings (SSSR count). The third-order valence-corrected chi connectivity index (χ3v) is 3.60. The van der Waals surface area contributed by atoms with Gasteiger partial charge in [-0.2, -0.15) is 0 Å². The van der Waals surface area contributed by atoms with Gasteiger partial charge in [-0.1, -0.05) is 17.7 Å². The van der Waals surface area contributed by atoms with Crippen molar-refractivity contribution in [3.05, 3.63) is 63.1 Å². The Kier molecular flexibility index (Phi) is 4.17. The molecule has 0 atom stereocenters. The van der Waals surface area contributed by atoms with Crippen molar-refractivity contribution in [1.82, 2.24) is 0 Å². The summed E-state index contributed by atoms with van der Waals surface area (Å²) in [6, 6.07) is 7.89. The van der Waals surface area contributed by atoms with Crippen LogP contribution >= 0.6 is 27.5 Å². The number of carbonyl (C=O) groups is 1. The molecule has 0 fully saturated rings. The van der Waals surface area contributed by atoms with E-state index in [0.29, 0.717) is 15.2 Å². The van der Waals surface area contributed by atoms with Crippen molar-refractivity contribution in [2.75, 3.05) is 5.32 Å². The second-order valence-electron chi connectivity index (χ2n) is 3.68. The normalized spacial score (nSPS) is 10.3. The van der Waals surface area contributed by atoms with E-state index in [-0.39, 0.29) is 0 Å². The number of nitrogens with one attached hydrogen (secondary N) is 1. The van der Waals surface area contributed by atoms with E-state index in [1.165, 1.54) is 12.1 Å². The summed E-state index contributed by atoms with van der Waals surface area (Å²) in [6.07, 6.45) is 0. The van der Waals surface area contributed by atoms with Gasteiger partial charge in [0.25, 0.3) is 5.91 Å². The van der Waals surface area contributed by atoms with Crippen LogP contribution in [0.5, 0.6) is 0 Å². The predicted molar refractivity (Wildman–Crippen MR) is 73.5 cm³/mol. The first-order valence-electron chi connectivity index (χ1n) is 5.19. The Morgan fingerprint density at radius 1 is 1.16 bits per heavy atom. The van der Waals surface area contributed by atoms with E-state index in [0.717, 1.165) is 12.1 Å². The fourth-order valence-corrected chi connectivity index (χ4v) is 1.91. The van der Waals surface area contributed by atoms with Gasteiger partial charge in [-0.3, -0.25) is 4.79 Å². The van der Waals surface area contributed by atoms with Gasteiger partial charge < -0.3 is 5.32 Å². The fourth-order valence-electron chi connectivity index (χ4n) is 1.48. The Morgan fingerprint density at radius 2 is 1.79 bits per heavy atom. The molecule has 0 radical (unpaired) electrons. The fraction of sp³-hybridized carbons (Fsp3) is 0. The second kappa shape index (κ2) is 5.67. The summed E-state index contributed by atoms with van der Waals surface area (Å²) >= 11 is 9.06. The van der Waals surface area contributed by atoms with E-state index < -0.39 is 23.1 Å². The molecule has 0 aliphatic heterocycles. The smallest absolute Gasteiger partial charge is 0.261 e. The molecule has 0 aliphatic rings. The van der Waals surface area contributed by atoms with Gasteiger partial charge in [0.1, 0.15) is 17.2 Å². The molecule has 1 amide bonds. The van der Waals surface area contributed by atoms with Gasteiger partial charge >= 0.3 is 0 Å². The lowest BCUT2D eigenvalue weighted by atomic mass is 10.2. The number of amides is 1. The van der Waals surface area contributed by atoms with Crippen molar-refractivity contribution < 1.29 is 13.6 Å². The first-order valence-corrected chi connectivity index (χ1v) is 6.36. The molecule has 0 saturated heterocycles. The van der Waals surface area contributed by atoms with Crippen molar-refractivity contribution in [3.8, 4) is 0 Å². The van der Waals surface area contributed by atoms with Crippen LogP contribution in [0.25, 0.3) is 0 Å². The molecule has 0 bridgehead atoms. The van der Waals surface area contributed by atoms with Crippen molar-refractivity contribution in [2.45, 2.75) is 0 Å². The summed E-state index contributed by atoms with van der Waals surface area (Å²) in [7, 11) is 0. The second-order valence-corrected chi connectivity index (χ2v) is 4.94. The molecule has 0 saturated carbocycles. The van der Waals surface area contributed by atoms with Crippen molar-refractivity contribution in [1.29, 1.82) is 0 Å². The first kappa shape index (κ1) is 14.0. The molecule has 1 N–H and O–H groups in total. The Morgan fingerprint density at radius 3 is 2.37 bits per heavy atom. The zero-order valence-electron chi connectivity index (χ0n) is 9.38. The van der Waals surface area contributed by atoms with Crippen LogP contribution < -0.4 is 5.32 Å². The molecular weight excluding hydrogens is 340 g/mol. The monoisotopic (exact) mass is 345 g/mol. The SMILES string of the molecule is O=C(Nc1ccc(Br)c(Cl)c1)c1c(F)cccc1F. The Bertz CT molecular complexity index is 628. The minimum Gasteiger partial charge on any atom is -0.322 e. The zero-order chi connectivity index (χ0) is 14.0. The number of halogens is 4. The highest BCUT2D eigenvalue weighted by Gasteiger charge is 2.17. The van der Waals surface area contributed by atoms with E-state index in [4.69, 9.17) is 11.6 Å². The van der Waals surface area contributed by atoms with E-state index in [9.17, 15) is 13.6 Å². The van der Waals surface area contributed by atoms with Crippen molar-refractivity contribution >= 4 is 39.1 Å². The van der Waals surface area contributed by atoms with Crippen LogP contribution in [0.3, 0.4) is 0 Å². The number of hydrogen-bond donors (Lipinski definition) is 1. The number of rotatable bonds is 2. The molecule has 0 aliphatic carbocycles. The lowest BCUT2D eigenvalue weighted by Gasteiger charge is -2.08. The lowest BCUT2D eigenvalue weighted by molar-refractivity contribution is 0.101. The molecule has 2 aromatic rings. The average Bonchev–Trinajstić information content (AvgIpc) is 2.33. The summed E-state index contributed by atoms with van der Waals surface area (Å²) in [6.45, 7) is 0. The van der Waals surface area contributed by atoms with Crippen LogP contribution in [0.2, 0.25) is 5.02 Å². The molecule has 0 aromatic heterocycles. The van der Waals surface area contributed by atoms with Gasteiger partial charge in [0.15, 0.2) is 0 Å². The van der Waals surface area contributed by atoms with Crippen LogP contribution in [0, 0.1) is 11.6 Å². The largest absolute Gasteiger partial charge is 0.322 e. The number of hydrogen-bond acceptors (Lipinski definition) is 1. The van der Waals surface area contributed by atoms with Gasteiger partial charge in [-0.15, -0.1) is 0 Å². The van der Waals surface area contributed by atoms with Crippen LogP contribution in [0.4, 0.5) is 14.5 Å². The highest BCUT2D eigenvalue weighted by Crippen LogP contribution is 2.26. The molecule has 2 nitrogen and oxygen atoms in total. The number of carbonyl (C=O) groups excluding carboxylic acids is 1. The minimum absolute atomic E-state index is 0.348. The quantitative estimate of drug-likeness (QED) is 0.844. The highest BCUT2D eigenvalue weighted by molar-refractivity contribution is 9.10. The molecule has 19 heavy (non-hydrogen) atoms. The molecule has 6 heteroatoms. The first-order chi connectivity index (χ1) is 8.99. The maximum absolute atomic E-state index is 13.4. The maximum atomic E-state index is 13.4. The molecule has 0 unspecified atom stereocenters. The van der Waals surface area contributed by atoms with Crippen LogP contribution in [0.15, 0.2) is 40.9 Å². The van der Waals surface area contributed by atoms with Crippen LogP contribution in [-0.4, -0.2) is 5.91 Å². The third-order valence-electron chi connectivity index (χ3n) is 2.37. The van der Waals surface area contributed by atoms with E-state index in [2.05, 4.69) is 21.2 Å². The standard InChI is InChI=1S/C13H7BrClF2NO/c14-8-5-4-7(6-9(8)15)18-13(19)12-10(16)2-1-3-11(12)17/h1-6H,(H,18,19). The van der Waals surface area contributed by atoms with Gasteiger partial charge in [-0.05, 0) is 46.3 Å². The van der Waals surface area contributed by atoms with Crippen LogP contribution in [0.1, 0.15) is 10.4 Å². The Hall–Kier alpha value is -1.46. The Labute approximate surface area is 121 Å². The van der Waals surface area contributed by atoms with E-state index in [1.807, 2.05) is 0 Å². The Balaban J connectivity index is 2.28. The topological polar surface area (TPSA) is 29.1 Å². The van der Waals surface area contributed by atoms with Gasteiger partial charge in [-0.25, -0.2) is 8.78 Å². The van der Waals surface area contributed by atoms with Crippen molar-refractivity contribution in [3.63, 3.8) is 0 Å². The third kappa shape index (κ3) is 3.11. The van der Waals surface area contributed by atoms with E-state index in [1.54, 1.807) is 12.1 Å². The highest BCUT2D eigenvalue weighted by atomic mass is 79.9. The van der Waals surface area contributed by atoms with Gasteiger partial charge in [0.05, 0.1) is 5.02 Å². The summed E-state index contributed by atoms with van der Waals surface area (Å²) < 4.78 is 27.5. The summed E-state index contributed by atoms with van der Waals surface area (Å²) in [5, 5.41) is 2.77. The van der Waals surface area contributed by atoms with Crippen LogP contribution in [-0.2, 0) is 0 Å². The van der Waals surface area contributed by atoms with Crippen molar-refractivity contribution in [2.24, 2.45) is 0 Å². The minimum atomic E-state index is -0.916. The lowest BCUT2D eigenvalue weighted by Crippen LogP contribution is -2.15. The van der Waals surface area contributed by atoms with Gasteiger partial charge in [0.2, 0.25) is 0 Å². The molecule has 2 aromatic carbocycles. The molecule has 0 spiro atoms.